The first-order valence-corrected chi connectivity index (χ1v) is 7.42. The van der Waals surface area contributed by atoms with E-state index in [9.17, 15) is 0 Å². The Hall–Kier alpha value is -1.84. The maximum Gasteiger partial charge on any atom is 0.145 e. The first kappa shape index (κ1) is 13.2. The van der Waals surface area contributed by atoms with E-state index >= 15 is 0 Å². The van der Waals surface area contributed by atoms with Gasteiger partial charge in [0.2, 0.25) is 0 Å². The number of hydrogen-bond acceptors (Lipinski definition) is 4. The first-order valence-electron chi connectivity index (χ1n) is 7.42. The van der Waals surface area contributed by atoms with Crippen LogP contribution >= 0.6 is 0 Å². The molecule has 106 valence electrons. The monoisotopic (exact) mass is 271 g/mol. The molecule has 0 saturated heterocycles. The fourth-order valence-corrected chi connectivity index (χ4v) is 2.82. The van der Waals surface area contributed by atoms with Crippen LogP contribution in [-0.2, 0) is 0 Å². The van der Waals surface area contributed by atoms with Gasteiger partial charge in [0, 0.05) is 12.1 Å². The Kier molecular flexibility index (Phi) is 4.00. The highest BCUT2D eigenvalue weighted by Gasteiger charge is 2.12. The van der Waals surface area contributed by atoms with E-state index in [2.05, 4.69) is 15.3 Å². The van der Waals surface area contributed by atoms with E-state index in [-0.39, 0.29) is 0 Å². The quantitative estimate of drug-likeness (QED) is 0.863. The normalized spacial score (nSPS) is 16.9. The second-order valence-corrected chi connectivity index (χ2v) is 5.44. The van der Waals surface area contributed by atoms with Crippen LogP contribution in [0, 0.1) is 0 Å². The molecule has 0 atom stereocenters. The summed E-state index contributed by atoms with van der Waals surface area (Å²) < 4.78 is 5.20. The summed E-state index contributed by atoms with van der Waals surface area (Å²) in [5, 5.41) is 3.54. The summed E-state index contributed by atoms with van der Waals surface area (Å²) in [6, 6.07) is 6.34. The number of methoxy groups -OCH3 is 1. The van der Waals surface area contributed by atoms with Crippen LogP contribution in [0.2, 0.25) is 0 Å². The van der Waals surface area contributed by atoms with Gasteiger partial charge in [-0.3, -0.25) is 4.98 Å². The number of ether oxygens (including phenoxy) is 1. The zero-order chi connectivity index (χ0) is 13.8. The summed E-state index contributed by atoms with van der Waals surface area (Å²) in [4.78, 5) is 9.12. The van der Waals surface area contributed by atoms with E-state index in [0.717, 1.165) is 22.6 Å². The third-order valence-electron chi connectivity index (χ3n) is 3.96. The van der Waals surface area contributed by atoms with Crippen LogP contribution in [0.25, 0.3) is 11.0 Å². The predicted molar refractivity (Wildman–Crippen MR) is 81.2 cm³/mol. The summed E-state index contributed by atoms with van der Waals surface area (Å²) in [6.07, 6.45) is 9.66. The first-order chi connectivity index (χ1) is 9.85. The van der Waals surface area contributed by atoms with Crippen molar-refractivity contribution in [2.45, 2.75) is 44.6 Å². The average Bonchev–Trinajstić information content (AvgIpc) is 2.75. The lowest BCUT2D eigenvalue weighted by atomic mass is 10.1. The second-order valence-electron chi connectivity index (χ2n) is 5.44. The molecule has 2 aromatic rings. The van der Waals surface area contributed by atoms with Gasteiger partial charge < -0.3 is 10.1 Å². The zero-order valence-corrected chi connectivity index (χ0v) is 11.9. The molecular weight excluding hydrogens is 250 g/mol. The number of aromatic nitrogens is 2. The molecule has 1 N–H and O–H groups in total. The van der Waals surface area contributed by atoms with Crippen LogP contribution in [-0.4, -0.2) is 23.1 Å². The van der Waals surface area contributed by atoms with Gasteiger partial charge in [-0.05, 0) is 25.0 Å². The van der Waals surface area contributed by atoms with Crippen molar-refractivity contribution in [1.82, 2.24) is 9.97 Å². The smallest absolute Gasteiger partial charge is 0.145 e. The molecule has 1 aromatic heterocycles. The van der Waals surface area contributed by atoms with E-state index in [1.807, 2.05) is 24.4 Å². The van der Waals surface area contributed by atoms with Gasteiger partial charge in [-0.15, -0.1) is 0 Å². The second kappa shape index (κ2) is 6.07. The third kappa shape index (κ3) is 3.00. The van der Waals surface area contributed by atoms with E-state index < -0.39 is 0 Å². The molecule has 0 unspecified atom stereocenters. The molecule has 0 bridgehead atoms. The summed E-state index contributed by atoms with van der Waals surface area (Å²) in [5.74, 6) is 1.70. The molecule has 20 heavy (non-hydrogen) atoms. The van der Waals surface area contributed by atoms with Crippen LogP contribution in [0.3, 0.4) is 0 Å². The van der Waals surface area contributed by atoms with Gasteiger partial charge in [0.25, 0.3) is 0 Å². The summed E-state index contributed by atoms with van der Waals surface area (Å²) in [7, 11) is 1.66. The summed E-state index contributed by atoms with van der Waals surface area (Å²) in [6.45, 7) is 0. The van der Waals surface area contributed by atoms with Crippen molar-refractivity contribution in [2.75, 3.05) is 12.4 Å². The topological polar surface area (TPSA) is 47.0 Å². The molecule has 1 fully saturated rings. The average molecular weight is 271 g/mol. The maximum absolute atomic E-state index is 5.20. The lowest BCUT2D eigenvalue weighted by Gasteiger charge is -2.16. The van der Waals surface area contributed by atoms with E-state index in [1.54, 1.807) is 7.11 Å². The Balaban J connectivity index is 1.78. The van der Waals surface area contributed by atoms with Crippen molar-refractivity contribution in [3.63, 3.8) is 0 Å². The Morgan fingerprint density at radius 3 is 2.65 bits per heavy atom. The molecule has 1 aliphatic carbocycles. The SMILES string of the molecule is COc1ccc2nc(NC3CCCCCC3)cnc2c1. The molecular formula is C16H21N3O. The van der Waals surface area contributed by atoms with Crippen LogP contribution in [0.15, 0.2) is 24.4 Å². The summed E-state index contributed by atoms with van der Waals surface area (Å²) in [5.41, 5.74) is 1.78. The molecule has 1 aromatic carbocycles. The fourth-order valence-electron chi connectivity index (χ4n) is 2.82. The molecule has 0 spiro atoms. The van der Waals surface area contributed by atoms with Crippen molar-refractivity contribution in [3.05, 3.63) is 24.4 Å². The van der Waals surface area contributed by atoms with Crippen molar-refractivity contribution in [1.29, 1.82) is 0 Å². The van der Waals surface area contributed by atoms with Gasteiger partial charge in [0.05, 0.1) is 24.3 Å². The molecule has 0 radical (unpaired) electrons. The standard InChI is InChI=1S/C16H21N3O/c1-20-13-8-9-14-15(10-13)17-11-16(19-14)18-12-6-4-2-3-5-7-12/h8-12H,2-7H2,1H3,(H,18,19). The van der Waals surface area contributed by atoms with Crippen LogP contribution < -0.4 is 10.1 Å². The summed E-state index contributed by atoms with van der Waals surface area (Å²) >= 11 is 0. The highest BCUT2D eigenvalue weighted by atomic mass is 16.5. The van der Waals surface area contributed by atoms with E-state index in [0.29, 0.717) is 6.04 Å². The van der Waals surface area contributed by atoms with Gasteiger partial charge in [-0.25, -0.2) is 4.98 Å². The number of fused-ring (bicyclic) bond motifs is 1. The molecule has 1 heterocycles. The van der Waals surface area contributed by atoms with Gasteiger partial charge in [-0.2, -0.15) is 0 Å². The lowest BCUT2D eigenvalue weighted by Crippen LogP contribution is -2.19. The molecule has 0 aliphatic heterocycles. The predicted octanol–water partition coefficient (Wildman–Crippen LogP) is 3.77. The minimum Gasteiger partial charge on any atom is -0.497 e. The zero-order valence-electron chi connectivity index (χ0n) is 11.9. The minimum absolute atomic E-state index is 0.544. The van der Waals surface area contributed by atoms with Crippen molar-refractivity contribution < 1.29 is 4.74 Å². The molecule has 0 amide bonds. The molecule has 4 nitrogen and oxygen atoms in total. The van der Waals surface area contributed by atoms with Crippen LogP contribution in [0.4, 0.5) is 5.82 Å². The lowest BCUT2D eigenvalue weighted by molar-refractivity contribution is 0.415. The Morgan fingerprint density at radius 1 is 1.10 bits per heavy atom. The Labute approximate surface area is 119 Å². The number of benzene rings is 1. The van der Waals surface area contributed by atoms with E-state index in [4.69, 9.17) is 4.74 Å². The number of nitrogens with zero attached hydrogens (tertiary/aromatic N) is 2. The highest BCUT2D eigenvalue weighted by molar-refractivity contribution is 5.77. The van der Waals surface area contributed by atoms with Gasteiger partial charge >= 0.3 is 0 Å². The van der Waals surface area contributed by atoms with Crippen molar-refractivity contribution in [3.8, 4) is 5.75 Å². The van der Waals surface area contributed by atoms with Gasteiger partial charge in [0.15, 0.2) is 0 Å². The molecule has 4 heteroatoms. The number of anilines is 1. The number of hydrogen-bond donors (Lipinski definition) is 1. The maximum atomic E-state index is 5.20. The Morgan fingerprint density at radius 2 is 1.90 bits per heavy atom. The van der Waals surface area contributed by atoms with Crippen LogP contribution in [0.5, 0.6) is 5.75 Å². The minimum atomic E-state index is 0.544. The molecule has 1 saturated carbocycles. The molecule has 3 rings (SSSR count). The van der Waals surface area contributed by atoms with Crippen molar-refractivity contribution in [2.24, 2.45) is 0 Å². The Bertz CT molecular complexity index is 577. The van der Waals surface area contributed by atoms with E-state index in [1.165, 1.54) is 38.5 Å². The van der Waals surface area contributed by atoms with Gasteiger partial charge in [0.1, 0.15) is 11.6 Å². The molecule has 1 aliphatic rings. The third-order valence-corrected chi connectivity index (χ3v) is 3.96. The highest BCUT2D eigenvalue weighted by Crippen LogP contribution is 2.22. The number of nitrogens with one attached hydrogen (secondary N) is 1. The van der Waals surface area contributed by atoms with Crippen molar-refractivity contribution >= 4 is 16.9 Å². The van der Waals surface area contributed by atoms with Gasteiger partial charge in [-0.1, -0.05) is 25.7 Å². The van der Waals surface area contributed by atoms with Crippen LogP contribution in [0.1, 0.15) is 38.5 Å². The fraction of sp³-hybridized carbons (Fsp3) is 0.500. The largest absolute Gasteiger partial charge is 0.497 e. The number of rotatable bonds is 3.